The molecule has 1 aliphatic rings. The summed E-state index contributed by atoms with van der Waals surface area (Å²) in [6.45, 7) is 7.36. The predicted molar refractivity (Wildman–Crippen MR) is 69.3 cm³/mol. The minimum atomic E-state index is 0.638. The second kappa shape index (κ2) is 6.47. The van der Waals surface area contributed by atoms with Gasteiger partial charge in [-0.25, -0.2) is 0 Å². The Bertz CT molecular complexity index is 201. The molecule has 88 valence electrons. The first-order valence-corrected chi connectivity index (χ1v) is 7.17. The van der Waals surface area contributed by atoms with Crippen molar-refractivity contribution in [2.45, 2.75) is 46.5 Å². The van der Waals surface area contributed by atoms with Crippen LogP contribution >= 0.6 is 11.8 Å². The van der Waals surface area contributed by atoms with Crippen molar-refractivity contribution in [3.63, 3.8) is 0 Å². The van der Waals surface area contributed by atoms with Gasteiger partial charge in [0.15, 0.2) is 0 Å². The van der Waals surface area contributed by atoms with E-state index in [1.165, 1.54) is 42.8 Å². The standard InChI is InChI=1S/C13H24OS/c1-4-13(7-9-15-11-13)6-5-8-14-10-12(2)3/h10H,4-9,11H2,1-3H3. The minimum absolute atomic E-state index is 0.638. The number of rotatable bonds is 6. The predicted octanol–water partition coefficient (Wildman–Crippen LogP) is 4.24. The van der Waals surface area contributed by atoms with Gasteiger partial charge in [0.25, 0.3) is 0 Å². The van der Waals surface area contributed by atoms with E-state index in [4.69, 9.17) is 4.74 Å². The van der Waals surface area contributed by atoms with Crippen molar-refractivity contribution in [3.05, 3.63) is 11.8 Å². The Morgan fingerprint density at radius 3 is 2.80 bits per heavy atom. The molecule has 1 nitrogen and oxygen atoms in total. The summed E-state index contributed by atoms with van der Waals surface area (Å²) >= 11 is 2.12. The highest BCUT2D eigenvalue weighted by Gasteiger charge is 2.31. The zero-order chi connectivity index (χ0) is 11.1. The third-order valence-electron chi connectivity index (χ3n) is 3.22. The molecule has 0 radical (unpaired) electrons. The third-order valence-corrected chi connectivity index (χ3v) is 4.53. The second-order valence-corrected chi connectivity index (χ2v) is 5.93. The smallest absolute Gasteiger partial charge is 0.0873 e. The number of thioether (sulfide) groups is 1. The Kier molecular flexibility index (Phi) is 5.59. The normalized spacial score (nSPS) is 25.3. The van der Waals surface area contributed by atoms with Crippen molar-refractivity contribution in [3.8, 4) is 0 Å². The van der Waals surface area contributed by atoms with E-state index in [0.717, 1.165) is 6.61 Å². The van der Waals surface area contributed by atoms with E-state index < -0.39 is 0 Å². The first kappa shape index (κ1) is 13.0. The van der Waals surface area contributed by atoms with Gasteiger partial charge in [0, 0.05) is 0 Å². The molecule has 1 atom stereocenters. The van der Waals surface area contributed by atoms with Gasteiger partial charge >= 0.3 is 0 Å². The Morgan fingerprint density at radius 2 is 2.27 bits per heavy atom. The van der Waals surface area contributed by atoms with Gasteiger partial charge in [-0.1, -0.05) is 6.92 Å². The van der Waals surface area contributed by atoms with Crippen LogP contribution in [0.3, 0.4) is 0 Å². The maximum Gasteiger partial charge on any atom is 0.0873 e. The molecule has 1 rings (SSSR count). The van der Waals surface area contributed by atoms with E-state index in [0.29, 0.717) is 5.41 Å². The molecule has 0 amide bonds. The number of hydrogen-bond donors (Lipinski definition) is 0. The summed E-state index contributed by atoms with van der Waals surface area (Å²) in [5, 5.41) is 0. The van der Waals surface area contributed by atoms with E-state index in [2.05, 4.69) is 32.5 Å². The zero-order valence-electron chi connectivity index (χ0n) is 10.3. The largest absolute Gasteiger partial charge is 0.501 e. The maximum absolute atomic E-state index is 5.48. The Balaban J connectivity index is 2.15. The highest BCUT2D eigenvalue weighted by molar-refractivity contribution is 7.99. The fraction of sp³-hybridized carbons (Fsp3) is 0.846. The molecule has 1 unspecified atom stereocenters. The second-order valence-electron chi connectivity index (χ2n) is 4.83. The van der Waals surface area contributed by atoms with Gasteiger partial charge in [0.05, 0.1) is 12.9 Å². The van der Waals surface area contributed by atoms with Crippen LogP contribution in [0.25, 0.3) is 0 Å². The monoisotopic (exact) mass is 228 g/mol. The lowest BCUT2D eigenvalue weighted by Gasteiger charge is -2.26. The van der Waals surface area contributed by atoms with Gasteiger partial charge in [-0.15, -0.1) is 0 Å². The molecular weight excluding hydrogens is 204 g/mol. The molecule has 1 heterocycles. The number of hydrogen-bond acceptors (Lipinski definition) is 2. The van der Waals surface area contributed by atoms with E-state index in [9.17, 15) is 0 Å². The topological polar surface area (TPSA) is 9.23 Å². The summed E-state index contributed by atoms with van der Waals surface area (Å²) in [6.07, 6.45) is 7.17. The van der Waals surface area contributed by atoms with Crippen LogP contribution in [0.5, 0.6) is 0 Å². The molecule has 2 heteroatoms. The van der Waals surface area contributed by atoms with Crippen LogP contribution in [0.1, 0.15) is 46.5 Å². The van der Waals surface area contributed by atoms with E-state index in [1.807, 2.05) is 6.26 Å². The Labute approximate surface area is 98.7 Å². The van der Waals surface area contributed by atoms with Crippen molar-refractivity contribution >= 4 is 11.8 Å². The van der Waals surface area contributed by atoms with Crippen LogP contribution in [0.15, 0.2) is 11.8 Å². The average Bonchev–Trinajstić information content (AvgIpc) is 2.66. The first-order valence-electron chi connectivity index (χ1n) is 6.01. The van der Waals surface area contributed by atoms with Gasteiger partial charge in [0.2, 0.25) is 0 Å². The molecule has 0 spiro atoms. The molecule has 1 aliphatic heterocycles. The van der Waals surface area contributed by atoms with Crippen LogP contribution in [-0.4, -0.2) is 18.1 Å². The quantitative estimate of drug-likeness (QED) is 0.497. The average molecular weight is 228 g/mol. The molecule has 0 aromatic rings. The zero-order valence-corrected chi connectivity index (χ0v) is 11.2. The van der Waals surface area contributed by atoms with Crippen molar-refractivity contribution in [1.29, 1.82) is 0 Å². The van der Waals surface area contributed by atoms with Gasteiger partial charge in [-0.05, 0) is 62.0 Å². The highest BCUT2D eigenvalue weighted by atomic mass is 32.2. The summed E-state index contributed by atoms with van der Waals surface area (Å²) in [6, 6.07) is 0. The lowest BCUT2D eigenvalue weighted by Crippen LogP contribution is -2.19. The lowest BCUT2D eigenvalue weighted by molar-refractivity contribution is 0.204. The number of allylic oxidation sites excluding steroid dienone is 1. The Morgan fingerprint density at radius 1 is 1.47 bits per heavy atom. The SMILES string of the molecule is CCC1(CCCOC=C(C)C)CCSC1. The molecule has 0 bridgehead atoms. The molecule has 1 saturated heterocycles. The van der Waals surface area contributed by atoms with E-state index in [1.54, 1.807) is 0 Å². The Hall–Kier alpha value is -0.110. The summed E-state index contributed by atoms with van der Waals surface area (Å²) in [5.74, 6) is 2.73. The van der Waals surface area contributed by atoms with Crippen LogP contribution in [-0.2, 0) is 4.74 Å². The van der Waals surface area contributed by atoms with E-state index >= 15 is 0 Å². The molecule has 0 N–H and O–H groups in total. The molecular formula is C13H24OS. The van der Waals surface area contributed by atoms with Crippen LogP contribution in [0, 0.1) is 5.41 Å². The molecule has 0 saturated carbocycles. The van der Waals surface area contributed by atoms with Gasteiger partial charge in [-0.3, -0.25) is 0 Å². The van der Waals surface area contributed by atoms with Crippen molar-refractivity contribution in [1.82, 2.24) is 0 Å². The van der Waals surface area contributed by atoms with E-state index in [-0.39, 0.29) is 0 Å². The summed E-state index contributed by atoms with van der Waals surface area (Å²) in [5.41, 5.74) is 1.88. The van der Waals surface area contributed by atoms with Crippen molar-refractivity contribution in [2.75, 3.05) is 18.1 Å². The maximum atomic E-state index is 5.48. The molecule has 15 heavy (non-hydrogen) atoms. The first-order chi connectivity index (χ1) is 7.18. The van der Waals surface area contributed by atoms with Gasteiger partial charge in [0.1, 0.15) is 0 Å². The van der Waals surface area contributed by atoms with Gasteiger partial charge in [-0.2, -0.15) is 11.8 Å². The van der Waals surface area contributed by atoms with Crippen molar-refractivity contribution in [2.24, 2.45) is 5.41 Å². The van der Waals surface area contributed by atoms with Crippen molar-refractivity contribution < 1.29 is 4.74 Å². The van der Waals surface area contributed by atoms with Crippen LogP contribution < -0.4 is 0 Å². The van der Waals surface area contributed by atoms with Gasteiger partial charge < -0.3 is 4.74 Å². The molecule has 1 fully saturated rings. The third kappa shape index (κ3) is 4.50. The van der Waals surface area contributed by atoms with Crippen LogP contribution in [0.2, 0.25) is 0 Å². The highest BCUT2D eigenvalue weighted by Crippen LogP contribution is 2.42. The van der Waals surface area contributed by atoms with Crippen LogP contribution in [0.4, 0.5) is 0 Å². The molecule has 0 aromatic heterocycles. The number of ether oxygens (including phenoxy) is 1. The fourth-order valence-electron chi connectivity index (χ4n) is 2.06. The molecule has 0 aromatic carbocycles. The summed E-state index contributed by atoms with van der Waals surface area (Å²) in [4.78, 5) is 0. The minimum Gasteiger partial charge on any atom is -0.501 e. The lowest BCUT2D eigenvalue weighted by atomic mass is 9.80. The molecule has 0 aliphatic carbocycles. The summed E-state index contributed by atoms with van der Waals surface area (Å²) in [7, 11) is 0. The fourth-order valence-corrected chi connectivity index (χ4v) is 3.71. The summed E-state index contributed by atoms with van der Waals surface area (Å²) < 4.78 is 5.48.